The molecule has 0 fully saturated rings. The van der Waals surface area contributed by atoms with Crippen LogP contribution < -0.4 is 15.4 Å². The van der Waals surface area contributed by atoms with Gasteiger partial charge in [-0.1, -0.05) is 13.8 Å². The summed E-state index contributed by atoms with van der Waals surface area (Å²) in [5, 5.41) is 5.06. The minimum atomic E-state index is -4.45. The molecule has 0 spiro atoms. The van der Waals surface area contributed by atoms with Gasteiger partial charge in [0.15, 0.2) is 6.61 Å². The molecule has 1 aromatic heterocycles. The number of nitrogens with one attached hydrogen (secondary N) is 2. The third-order valence-electron chi connectivity index (χ3n) is 2.70. The molecule has 0 aliphatic carbocycles. The van der Waals surface area contributed by atoms with E-state index in [2.05, 4.69) is 20.4 Å². The molecule has 9 heteroatoms. The lowest BCUT2D eigenvalue weighted by molar-refractivity contribution is -0.154. The van der Waals surface area contributed by atoms with Gasteiger partial charge in [-0.3, -0.25) is 9.59 Å². The third-order valence-corrected chi connectivity index (χ3v) is 2.70. The first-order valence-electron chi connectivity index (χ1n) is 6.82. The molecule has 2 N–H and O–H groups in total. The molecule has 1 aromatic rings. The van der Waals surface area contributed by atoms with Gasteiger partial charge in [-0.25, -0.2) is 4.98 Å². The average Bonchev–Trinajstić information content (AvgIpc) is 2.42. The average molecular weight is 333 g/mol. The van der Waals surface area contributed by atoms with E-state index in [1.165, 1.54) is 25.3 Å². The topological polar surface area (TPSA) is 80.3 Å². The Balaban J connectivity index is 2.66. The number of rotatable bonds is 6. The first-order chi connectivity index (χ1) is 10.6. The Morgan fingerprint density at radius 3 is 2.39 bits per heavy atom. The van der Waals surface area contributed by atoms with Crippen LogP contribution in [0.1, 0.15) is 20.8 Å². The van der Waals surface area contributed by atoms with Crippen molar-refractivity contribution in [3.05, 3.63) is 18.3 Å². The van der Waals surface area contributed by atoms with E-state index < -0.39 is 24.7 Å². The van der Waals surface area contributed by atoms with Crippen LogP contribution in [0.4, 0.5) is 18.9 Å². The summed E-state index contributed by atoms with van der Waals surface area (Å²) in [4.78, 5) is 26.9. The van der Waals surface area contributed by atoms with Gasteiger partial charge in [0.25, 0.3) is 0 Å². The fourth-order valence-electron chi connectivity index (χ4n) is 1.67. The summed E-state index contributed by atoms with van der Waals surface area (Å²) in [6, 6.07) is 1.85. The maximum Gasteiger partial charge on any atom is 0.422 e. The minimum Gasteiger partial charge on any atom is -0.468 e. The SMILES string of the molecule is CC(=O)NC(C(=O)Nc1ccc(OCC(F)(F)F)nc1)C(C)C. The van der Waals surface area contributed by atoms with Crippen molar-refractivity contribution in [2.75, 3.05) is 11.9 Å². The molecule has 2 amide bonds. The largest absolute Gasteiger partial charge is 0.468 e. The van der Waals surface area contributed by atoms with E-state index in [-0.39, 0.29) is 23.4 Å². The number of ether oxygens (including phenoxy) is 1. The van der Waals surface area contributed by atoms with E-state index in [9.17, 15) is 22.8 Å². The predicted molar refractivity (Wildman–Crippen MR) is 76.9 cm³/mol. The van der Waals surface area contributed by atoms with Gasteiger partial charge < -0.3 is 15.4 Å². The Morgan fingerprint density at radius 2 is 1.96 bits per heavy atom. The monoisotopic (exact) mass is 333 g/mol. The maximum atomic E-state index is 12.1. The number of alkyl halides is 3. The van der Waals surface area contributed by atoms with Crippen molar-refractivity contribution in [3.63, 3.8) is 0 Å². The number of hydrogen-bond donors (Lipinski definition) is 2. The number of pyridine rings is 1. The van der Waals surface area contributed by atoms with E-state index >= 15 is 0 Å². The molecule has 1 atom stereocenters. The summed E-state index contributed by atoms with van der Waals surface area (Å²) in [7, 11) is 0. The molecule has 0 aromatic carbocycles. The lowest BCUT2D eigenvalue weighted by Crippen LogP contribution is -2.46. The molecule has 0 radical (unpaired) electrons. The fraction of sp³-hybridized carbons (Fsp3) is 0.500. The summed E-state index contributed by atoms with van der Waals surface area (Å²) in [6.45, 7) is 3.40. The molecule has 0 aliphatic rings. The highest BCUT2D eigenvalue weighted by molar-refractivity contribution is 5.97. The highest BCUT2D eigenvalue weighted by Gasteiger charge is 2.28. The number of halogens is 3. The standard InChI is InChI=1S/C14H18F3N3O3/c1-8(2)12(19-9(3)21)13(22)20-10-4-5-11(18-6-10)23-7-14(15,16)17/h4-6,8,12H,7H2,1-3H3,(H,19,21)(H,20,22). The Morgan fingerprint density at radius 1 is 1.30 bits per heavy atom. The van der Waals surface area contributed by atoms with Crippen molar-refractivity contribution in [2.45, 2.75) is 33.0 Å². The summed E-state index contributed by atoms with van der Waals surface area (Å²) in [5.41, 5.74) is 0.283. The van der Waals surface area contributed by atoms with Gasteiger partial charge in [0, 0.05) is 13.0 Å². The number of hydrogen-bond acceptors (Lipinski definition) is 4. The van der Waals surface area contributed by atoms with Gasteiger partial charge in [0.05, 0.1) is 11.9 Å². The zero-order chi connectivity index (χ0) is 17.6. The first kappa shape index (κ1) is 18.7. The Labute approximate surface area is 131 Å². The Kier molecular flexibility index (Phi) is 6.35. The van der Waals surface area contributed by atoms with E-state index in [0.29, 0.717) is 0 Å². The van der Waals surface area contributed by atoms with Gasteiger partial charge in [-0.05, 0) is 12.0 Å². The smallest absolute Gasteiger partial charge is 0.422 e. The van der Waals surface area contributed by atoms with Gasteiger partial charge in [0.1, 0.15) is 6.04 Å². The molecule has 23 heavy (non-hydrogen) atoms. The van der Waals surface area contributed by atoms with Crippen LogP contribution in [0.3, 0.4) is 0 Å². The van der Waals surface area contributed by atoms with Crippen LogP contribution in [0.25, 0.3) is 0 Å². The van der Waals surface area contributed by atoms with E-state index in [0.717, 1.165) is 0 Å². The Hall–Kier alpha value is -2.32. The normalized spacial score (nSPS) is 12.7. The zero-order valence-electron chi connectivity index (χ0n) is 12.9. The maximum absolute atomic E-state index is 12.1. The van der Waals surface area contributed by atoms with Crippen LogP contribution in [0.15, 0.2) is 18.3 Å². The second-order valence-corrected chi connectivity index (χ2v) is 5.20. The highest BCUT2D eigenvalue weighted by atomic mass is 19.4. The van der Waals surface area contributed by atoms with Crippen molar-refractivity contribution < 1.29 is 27.5 Å². The summed E-state index contributed by atoms with van der Waals surface area (Å²) >= 11 is 0. The van der Waals surface area contributed by atoms with Crippen molar-refractivity contribution in [2.24, 2.45) is 5.92 Å². The van der Waals surface area contributed by atoms with Crippen LogP contribution in [0, 0.1) is 5.92 Å². The Bertz CT molecular complexity index is 544. The summed E-state index contributed by atoms with van der Waals surface area (Å²) in [5.74, 6) is -1.13. The van der Waals surface area contributed by atoms with Crippen molar-refractivity contribution in [3.8, 4) is 5.88 Å². The third kappa shape index (κ3) is 6.98. The number of amides is 2. The molecular weight excluding hydrogens is 315 g/mol. The molecule has 6 nitrogen and oxygen atoms in total. The molecule has 1 heterocycles. The molecule has 1 unspecified atom stereocenters. The van der Waals surface area contributed by atoms with E-state index in [4.69, 9.17) is 0 Å². The van der Waals surface area contributed by atoms with Gasteiger partial charge >= 0.3 is 6.18 Å². The van der Waals surface area contributed by atoms with Crippen LogP contribution in [0.2, 0.25) is 0 Å². The number of carbonyl (C=O) groups is 2. The minimum absolute atomic E-state index is 0.138. The van der Waals surface area contributed by atoms with Gasteiger partial charge in [-0.2, -0.15) is 13.2 Å². The second kappa shape index (κ2) is 7.80. The lowest BCUT2D eigenvalue weighted by Gasteiger charge is -2.20. The van der Waals surface area contributed by atoms with Crippen molar-refractivity contribution in [1.29, 1.82) is 0 Å². The van der Waals surface area contributed by atoms with Crippen LogP contribution in [0.5, 0.6) is 5.88 Å². The molecule has 0 bridgehead atoms. The number of aromatic nitrogens is 1. The zero-order valence-corrected chi connectivity index (χ0v) is 12.9. The van der Waals surface area contributed by atoms with E-state index in [1.54, 1.807) is 13.8 Å². The molecule has 1 rings (SSSR count). The van der Waals surface area contributed by atoms with Crippen molar-refractivity contribution in [1.82, 2.24) is 10.3 Å². The highest BCUT2D eigenvalue weighted by Crippen LogP contribution is 2.18. The summed E-state index contributed by atoms with van der Waals surface area (Å²) in [6.07, 6.45) is -3.27. The first-order valence-corrected chi connectivity index (χ1v) is 6.82. The van der Waals surface area contributed by atoms with Crippen LogP contribution >= 0.6 is 0 Å². The number of nitrogens with zero attached hydrogens (tertiary/aromatic N) is 1. The molecule has 0 aliphatic heterocycles. The molecule has 0 saturated carbocycles. The van der Waals surface area contributed by atoms with Crippen LogP contribution in [-0.4, -0.2) is 35.6 Å². The molecule has 128 valence electrons. The number of carbonyl (C=O) groups excluding carboxylic acids is 2. The number of anilines is 1. The van der Waals surface area contributed by atoms with Crippen molar-refractivity contribution >= 4 is 17.5 Å². The predicted octanol–water partition coefficient (Wildman–Crippen LogP) is 2.12. The van der Waals surface area contributed by atoms with Gasteiger partial charge in [-0.15, -0.1) is 0 Å². The second-order valence-electron chi connectivity index (χ2n) is 5.20. The van der Waals surface area contributed by atoms with E-state index in [1.807, 2.05) is 0 Å². The summed E-state index contributed by atoms with van der Waals surface area (Å²) < 4.78 is 40.5. The quantitative estimate of drug-likeness (QED) is 0.836. The van der Waals surface area contributed by atoms with Crippen LogP contribution in [-0.2, 0) is 9.59 Å². The lowest BCUT2D eigenvalue weighted by atomic mass is 10.0. The molecule has 0 saturated heterocycles. The fourth-order valence-corrected chi connectivity index (χ4v) is 1.67. The molecular formula is C14H18F3N3O3. The van der Waals surface area contributed by atoms with Gasteiger partial charge in [0.2, 0.25) is 17.7 Å².